The van der Waals surface area contributed by atoms with Crippen LogP contribution in [0, 0.1) is 10.1 Å². The van der Waals surface area contributed by atoms with Crippen molar-refractivity contribution >= 4 is 5.69 Å². The number of benzene rings is 1. The minimum Gasteiger partial charge on any atom is -0.474 e. The molecule has 9 nitrogen and oxygen atoms in total. The van der Waals surface area contributed by atoms with Crippen LogP contribution in [-0.4, -0.2) is 26.2 Å². The normalized spacial score (nSPS) is 13.1. The van der Waals surface area contributed by atoms with Gasteiger partial charge in [0.15, 0.2) is 0 Å². The molecule has 0 bridgehead atoms. The molecule has 0 fully saturated rings. The zero-order valence-electron chi connectivity index (χ0n) is 20.0. The Labute approximate surface area is 210 Å². The molecule has 0 aliphatic rings. The van der Waals surface area contributed by atoms with E-state index in [1.54, 1.807) is 6.08 Å². The van der Waals surface area contributed by atoms with E-state index in [9.17, 15) is 23.3 Å². The van der Waals surface area contributed by atoms with Gasteiger partial charge in [0.25, 0.3) is 5.89 Å². The molecule has 3 aromatic rings. The number of nitrogens with zero attached hydrogens (tertiary/aromatic N) is 4. The van der Waals surface area contributed by atoms with Gasteiger partial charge in [0, 0.05) is 12.5 Å². The number of hydrogen-bond donors (Lipinski definition) is 0. The molecule has 1 aromatic carbocycles. The third-order valence-electron chi connectivity index (χ3n) is 5.13. The number of nitro groups is 1. The van der Waals surface area contributed by atoms with Crippen LogP contribution in [-0.2, 0) is 17.5 Å². The minimum absolute atomic E-state index is 0.00808. The first-order valence-corrected chi connectivity index (χ1v) is 11.3. The van der Waals surface area contributed by atoms with E-state index < -0.39 is 52.0 Å². The van der Waals surface area contributed by atoms with E-state index >= 15 is 0 Å². The molecule has 0 spiro atoms. The maximum Gasteiger partial charge on any atom is 0.421 e. The van der Waals surface area contributed by atoms with Gasteiger partial charge in [0.2, 0.25) is 17.5 Å². The lowest BCUT2D eigenvalue weighted by atomic mass is 10.2. The van der Waals surface area contributed by atoms with Gasteiger partial charge in [-0.25, -0.2) is 4.98 Å². The number of alkyl halides is 3. The lowest BCUT2D eigenvalue weighted by molar-refractivity contribution is -0.384. The Balaban J connectivity index is 2.01. The van der Waals surface area contributed by atoms with E-state index in [4.69, 9.17) is 13.9 Å². The van der Waals surface area contributed by atoms with E-state index in [0.717, 1.165) is 5.56 Å². The fourth-order valence-corrected chi connectivity index (χ4v) is 3.33. The maximum absolute atomic E-state index is 13.7. The standard InChI is InChI=1S/C25H25F3N4O5/c1-4-6-13-20(35-15-17-11-8-7-9-12-17)23-30-31-24(37-23)21-19(32(33)34)14-18(25(26,27)28)22(29-21)36-16(3)10-5-2/h4-5,7-9,11-12,14,16,20H,1-2,6,10,13,15H2,3H3/t16-,20-/m1/s1. The zero-order valence-corrected chi connectivity index (χ0v) is 20.0. The fraction of sp³-hybridized carbons (Fsp3) is 0.320. The van der Waals surface area contributed by atoms with E-state index in [1.807, 2.05) is 30.3 Å². The average Bonchev–Trinajstić information content (AvgIpc) is 3.34. The molecular formula is C25H25F3N4O5. The highest BCUT2D eigenvalue weighted by molar-refractivity contribution is 5.64. The van der Waals surface area contributed by atoms with Gasteiger partial charge in [-0.15, -0.1) is 23.4 Å². The average molecular weight is 518 g/mol. The van der Waals surface area contributed by atoms with Crippen molar-refractivity contribution in [2.24, 2.45) is 0 Å². The fourth-order valence-electron chi connectivity index (χ4n) is 3.33. The zero-order chi connectivity index (χ0) is 27.0. The Kier molecular flexibility index (Phi) is 9.12. The van der Waals surface area contributed by atoms with Gasteiger partial charge in [-0.05, 0) is 25.3 Å². The van der Waals surface area contributed by atoms with Gasteiger partial charge in [0.1, 0.15) is 17.8 Å². The summed E-state index contributed by atoms with van der Waals surface area (Å²) in [7, 11) is 0. The van der Waals surface area contributed by atoms with Crippen molar-refractivity contribution < 1.29 is 32.0 Å². The second-order valence-corrected chi connectivity index (χ2v) is 8.01. The van der Waals surface area contributed by atoms with Gasteiger partial charge in [-0.1, -0.05) is 42.5 Å². The quantitative estimate of drug-likeness (QED) is 0.141. The molecule has 12 heteroatoms. The van der Waals surface area contributed by atoms with Crippen LogP contribution in [0.2, 0.25) is 0 Å². The highest BCUT2D eigenvalue weighted by Crippen LogP contribution is 2.41. The summed E-state index contributed by atoms with van der Waals surface area (Å²) in [6, 6.07) is 9.66. The summed E-state index contributed by atoms with van der Waals surface area (Å²) in [4.78, 5) is 14.5. The second kappa shape index (κ2) is 12.3. The van der Waals surface area contributed by atoms with Gasteiger partial charge < -0.3 is 13.9 Å². The second-order valence-electron chi connectivity index (χ2n) is 8.01. The molecule has 2 heterocycles. The molecule has 0 aliphatic carbocycles. The third-order valence-corrected chi connectivity index (χ3v) is 5.13. The van der Waals surface area contributed by atoms with Crippen LogP contribution in [0.4, 0.5) is 18.9 Å². The highest BCUT2D eigenvalue weighted by atomic mass is 19.4. The molecule has 0 aliphatic heterocycles. The number of halogens is 3. The molecule has 0 amide bonds. The summed E-state index contributed by atoms with van der Waals surface area (Å²) in [5, 5.41) is 19.4. The summed E-state index contributed by atoms with van der Waals surface area (Å²) >= 11 is 0. The number of allylic oxidation sites excluding steroid dienone is 1. The van der Waals surface area contributed by atoms with Crippen molar-refractivity contribution in [3.05, 3.63) is 88.8 Å². The lowest BCUT2D eigenvalue weighted by Gasteiger charge is -2.17. The van der Waals surface area contributed by atoms with Crippen LogP contribution >= 0.6 is 0 Å². The van der Waals surface area contributed by atoms with Crippen LogP contribution in [0.15, 0.2) is 66.1 Å². The van der Waals surface area contributed by atoms with E-state index in [1.165, 1.54) is 13.0 Å². The van der Waals surface area contributed by atoms with Gasteiger partial charge in [-0.2, -0.15) is 13.2 Å². The van der Waals surface area contributed by atoms with Gasteiger partial charge in [0.05, 0.1) is 11.5 Å². The summed E-state index contributed by atoms with van der Waals surface area (Å²) in [5.74, 6) is -1.29. The summed E-state index contributed by atoms with van der Waals surface area (Å²) in [6.07, 6.45) is -2.08. The Morgan fingerprint density at radius 2 is 1.92 bits per heavy atom. The maximum atomic E-state index is 13.7. The van der Waals surface area contributed by atoms with Crippen LogP contribution in [0.1, 0.15) is 49.3 Å². The van der Waals surface area contributed by atoms with Crippen LogP contribution in [0.25, 0.3) is 11.6 Å². The number of ether oxygens (including phenoxy) is 2. The Hall–Kier alpha value is -4.06. The van der Waals surface area contributed by atoms with Crippen molar-refractivity contribution in [1.82, 2.24) is 15.2 Å². The van der Waals surface area contributed by atoms with Crippen molar-refractivity contribution in [2.45, 2.75) is 51.2 Å². The predicted molar refractivity (Wildman–Crippen MR) is 127 cm³/mol. The monoisotopic (exact) mass is 518 g/mol. The highest BCUT2D eigenvalue weighted by Gasteiger charge is 2.40. The van der Waals surface area contributed by atoms with E-state index in [2.05, 4.69) is 28.3 Å². The molecule has 0 saturated carbocycles. The molecule has 196 valence electrons. The van der Waals surface area contributed by atoms with Crippen molar-refractivity contribution in [1.29, 1.82) is 0 Å². The lowest BCUT2D eigenvalue weighted by Crippen LogP contribution is -2.17. The minimum atomic E-state index is -4.96. The predicted octanol–water partition coefficient (Wildman–Crippen LogP) is 6.63. The molecule has 2 aromatic heterocycles. The molecule has 3 rings (SSSR count). The first-order valence-electron chi connectivity index (χ1n) is 11.3. The number of hydrogen-bond acceptors (Lipinski definition) is 8. The first kappa shape index (κ1) is 27.5. The van der Waals surface area contributed by atoms with E-state index in [0.29, 0.717) is 18.9 Å². The van der Waals surface area contributed by atoms with Crippen LogP contribution < -0.4 is 4.74 Å². The molecular weight excluding hydrogens is 493 g/mol. The van der Waals surface area contributed by atoms with Crippen molar-refractivity contribution in [3.63, 3.8) is 0 Å². The topological polar surface area (TPSA) is 113 Å². The Morgan fingerprint density at radius 3 is 2.54 bits per heavy atom. The van der Waals surface area contributed by atoms with Crippen molar-refractivity contribution in [3.8, 4) is 17.5 Å². The molecule has 37 heavy (non-hydrogen) atoms. The van der Waals surface area contributed by atoms with E-state index in [-0.39, 0.29) is 18.9 Å². The third kappa shape index (κ3) is 7.23. The number of pyridine rings is 1. The number of rotatable bonds is 13. The Bertz CT molecular complexity index is 1230. The molecule has 0 unspecified atom stereocenters. The van der Waals surface area contributed by atoms with Gasteiger partial charge in [-0.3, -0.25) is 10.1 Å². The van der Waals surface area contributed by atoms with Crippen LogP contribution in [0.5, 0.6) is 5.88 Å². The number of aromatic nitrogens is 3. The molecule has 0 saturated heterocycles. The first-order chi connectivity index (χ1) is 17.6. The van der Waals surface area contributed by atoms with Crippen molar-refractivity contribution in [2.75, 3.05) is 0 Å². The largest absolute Gasteiger partial charge is 0.474 e. The summed E-state index contributed by atoms with van der Waals surface area (Å²) < 4.78 is 58.0. The summed E-state index contributed by atoms with van der Waals surface area (Å²) in [5.41, 5.74) is -2.02. The SMILES string of the molecule is C=CCC[C@@H](OCc1ccccc1)c1nnc(-c2nc(O[C@H](C)CC=C)c(C(F)(F)F)cc2[N+](=O)[O-])o1. The smallest absolute Gasteiger partial charge is 0.421 e. The van der Waals surface area contributed by atoms with Gasteiger partial charge >= 0.3 is 11.9 Å². The van der Waals surface area contributed by atoms with Crippen LogP contribution in [0.3, 0.4) is 0 Å². The Morgan fingerprint density at radius 1 is 1.19 bits per heavy atom. The molecule has 0 N–H and O–H groups in total. The summed E-state index contributed by atoms with van der Waals surface area (Å²) in [6.45, 7) is 8.95. The molecule has 0 radical (unpaired) electrons. The molecule has 2 atom stereocenters.